The first-order chi connectivity index (χ1) is 15.2. The fourth-order valence-corrected chi connectivity index (χ4v) is 5.04. The second-order valence-electron chi connectivity index (χ2n) is 8.83. The Labute approximate surface area is 187 Å². The molecule has 2 fully saturated rings. The summed E-state index contributed by atoms with van der Waals surface area (Å²) in [6.07, 6.45) is -0.172. The van der Waals surface area contributed by atoms with Gasteiger partial charge in [-0.3, -0.25) is 4.79 Å². The number of carbonyl (C=O) groups is 1. The van der Waals surface area contributed by atoms with Crippen molar-refractivity contribution in [1.82, 2.24) is 9.80 Å². The second-order valence-corrected chi connectivity index (χ2v) is 8.83. The van der Waals surface area contributed by atoms with Crippen molar-refractivity contribution in [3.8, 4) is 16.9 Å². The van der Waals surface area contributed by atoms with Crippen molar-refractivity contribution in [2.24, 2.45) is 0 Å². The number of amides is 1. The number of benzene rings is 2. The zero-order valence-electron chi connectivity index (χ0n) is 18.5. The second kappa shape index (κ2) is 9.14. The van der Waals surface area contributed by atoms with Crippen molar-refractivity contribution < 1.29 is 22.7 Å². The van der Waals surface area contributed by atoms with E-state index >= 15 is 0 Å². The van der Waals surface area contributed by atoms with Crippen molar-refractivity contribution >= 4 is 5.91 Å². The largest absolute Gasteiger partial charge is 0.573 e. The molecule has 0 aromatic heterocycles. The predicted molar refractivity (Wildman–Crippen MR) is 118 cm³/mol. The number of likely N-dealkylation sites (tertiary alicyclic amines) is 2. The van der Waals surface area contributed by atoms with Gasteiger partial charge in [0.2, 0.25) is 0 Å². The first kappa shape index (κ1) is 22.6. The van der Waals surface area contributed by atoms with Gasteiger partial charge in [-0.2, -0.15) is 0 Å². The van der Waals surface area contributed by atoms with Gasteiger partial charge >= 0.3 is 6.36 Å². The van der Waals surface area contributed by atoms with E-state index in [9.17, 15) is 18.0 Å². The van der Waals surface area contributed by atoms with E-state index in [2.05, 4.69) is 9.64 Å². The maximum absolute atomic E-state index is 13.3. The van der Waals surface area contributed by atoms with Crippen LogP contribution in [0.2, 0.25) is 0 Å². The molecule has 4 rings (SSSR count). The predicted octanol–water partition coefficient (Wildman–Crippen LogP) is 5.57. The molecule has 0 spiro atoms. The van der Waals surface area contributed by atoms with Crippen LogP contribution in [-0.4, -0.2) is 54.3 Å². The van der Waals surface area contributed by atoms with Crippen molar-refractivity contribution in [3.63, 3.8) is 0 Å². The summed E-state index contributed by atoms with van der Waals surface area (Å²) < 4.78 is 41.7. The normalized spacial score (nSPS) is 18.2. The number of rotatable bonds is 4. The summed E-state index contributed by atoms with van der Waals surface area (Å²) in [4.78, 5) is 17.8. The molecule has 0 atom stereocenters. The van der Waals surface area contributed by atoms with Gasteiger partial charge in [0.15, 0.2) is 0 Å². The maximum atomic E-state index is 13.3. The number of hydrogen-bond acceptors (Lipinski definition) is 3. The van der Waals surface area contributed by atoms with Crippen molar-refractivity contribution in [1.29, 1.82) is 0 Å². The number of hydrogen-bond donors (Lipinski definition) is 0. The SMILES string of the molecule is Cc1cc(-c2cccc(OC(F)(F)F)c2)cc(C)c1C(=O)N1CCC(N2CCCC2)CC1. The Bertz CT molecular complexity index is 952. The van der Waals surface area contributed by atoms with E-state index in [0.29, 0.717) is 17.2 Å². The van der Waals surface area contributed by atoms with Gasteiger partial charge in [0.25, 0.3) is 5.91 Å². The third kappa shape index (κ3) is 5.09. The highest BCUT2D eigenvalue weighted by atomic mass is 19.4. The van der Waals surface area contributed by atoms with Gasteiger partial charge in [-0.1, -0.05) is 24.3 Å². The van der Waals surface area contributed by atoms with Crippen LogP contribution < -0.4 is 4.74 Å². The van der Waals surface area contributed by atoms with Gasteiger partial charge in [-0.25, -0.2) is 0 Å². The quantitative estimate of drug-likeness (QED) is 0.616. The van der Waals surface area contributed by atoms with Gasteiger partial charge in [-0.05, 0) is 87.0 Å². The van der Waals surface area contributed by atoms with E-state index in [1.54, 1.807) is 6.07 Å². The summed E-state index contributed by atoms with van der Waals surface area (Å²) in [5.41, 5.74) is 3.72. The molecular weight excluding hydrogens is 417 g/mol. The van der Waals surface area contributed by atoms with Crippen molar-refractivity contribution in [2.45, 2.75) is 51.9 Å². The molecule has 4 nitrogen and oxygen atoms in total. The molecule has 172 valence electrons. The minimum atomic E-state index is -4.73. The van der Waals surface area contributed by atoms with Gasteiger partial charge in [0.1, 0.15) is 5.75 Å². The molecule has 2 saturated heterocycles. The van der Waals surface area contributed by atoms with Crippen LogP contribution in [0, 0.1) is 13.8 Å². The minimum Gasteiger partial charge on any atom is -0.406 e. The Balaban J connectivity index is 1.49. The smallest absolute Gasteiger partial charge is 0.406 e. The van der Waals surface area contributed by atoms with Gasteiger partial charge in [-0.15, -0.1) is 13.2 Å². The Kier molecular flexibility index (Phi) is 6.47. The molecule has 2 aliphatic heterocycles. The van der Waals surface area contributed by atoms with E-state index in [1.807, 2.05) is 30.9 Å². The summed E-state index contributed by atoms with van der Waals surface area (Å²) >= 11 is 0. The van der Waals surface area contributed by atoms with E-state index in [0.717, 1.165) is 42.6 Å². The number of halogens is 3. The molecule has 0 aliphatic carbocycles. The number of piperidine rings is 1. The lowest BCUT2D eigenvalue weighted by Crippen LogP contribution is -2.46. The molecule has 2 aliphatic rings. The third-order valence-corrected chi connectivity index (χ3v) is 6.56. The Hall–Kier alpha value is -2.54. The van der Waals surface area contributed by atoms with Crippen LogP contribution in [-0.2, 0) is 0 Å². The van der Waals surface area contributed by atoms with Crippen LogP contribution in [0.3, 0.4) is 0 Å². The monoisotopic (exact) mass is 446 g/mol. The highest BCUT2D eigenvalue weighted by Crippen LogP contribution is 2.31. The standard InChI is InChI=1S/C25H29F3N2O2/c1-17-14-20(19-6-5-7-22(16-19)32-25(26,27)28)15-18(2)23(17)24(31)30-12-8-21(9-13-30)29-10-3-4-11-29/h5-7,14-16,21H,3-4,8-13H2,1-2H3. The van der Waals surface area contributed by atoms with Crippen molar-refractivity contribution in [3.05, 3.63) is 53.1 Å². The Morgan fingerprint density at radius 1 is 0.938 bits per heavy atom. The van der Waals surface area contributed by atoms with E-state index < -0.39 is 6.36 Å². The summed E-state index contributed by atoms with van der Waals surface area (Å²) in [6, 6.07) is 10.2. The summed E-state index contributed by atoms with van der Waals surface area (Å²) in [7, 11) is 0. The molecule has 1 amide bonds. The number of nitrogens with zero attached hydrogens (tertiary/aromatic N) is 2. The average molecular weight is 447 g/mol. The topological polar surface area (TPSA) is 32.8 Å². The van der Waals surface area contributed by atoms with Gasteiger partial charge in [0, 0.05) is 24.7 Å². The van der Waals surface area contributed by atoms with Crippen LogP contribution in [0.15, 0.2) is 36.4 Å². The van der Waals surface area contributed by atoms with E-state index in [1.165, 1.54) is 44.1 Å². The highest BCUT2D eigenvalue weighted by molar-refractivity contribution is 5.98. The number of ether oxygens (including phenoxy) is 1. The van der Waals surface area contributed by atoms with E-state index in [4.69, 9.17) is 0 Å². The third-order valence-electron chi connectivity index (χ3n) is 6.56. The molecule has 7 heteroatoms. The fraction of sp³-hybridized carbons (Fsp3) is 0.480. The minimum absolute atomic E-state index is 0.0422. The molecule has 0 unspecified atom stereocenters. The van der Waals surface area contributed by atoms with Crippen molar-refractivity contribution in [2.75, 3.05) is 26.2 Å². The Morgan fingerprint density at radius 3 is 2.16 bits per heavy atom. The van der Waals surface area contributed by atoms with Gasteiger partial charge < -0.3 is 14.5 Å². The highest BCUT2D eigenvalue weighted by Gasteiger charge is 2.31. The maximum Gasteiger partial charge on any atom is 0.573 e. The molecule has 32 heavy (non-hydrogen) atoms. The summed E-state index contributed by atoms with van der Waals surface area (Å²) in [5.74, 6) is -0.216. The first-order valence-electron chi connectivity index (χ1n) is 11.2. The fourth-order valence-electron chi connectivity index (χ4n) is 5.04. The molecule has 0 bridgehead atoms. The number of aryl methyl sites for hydroxylation is 2. The lowest BCUT2D eigenvalue weighted by Gasteiger charge is -2.37. The zero-order valence-corrected chi connectivity index (χ0v) is 18.5. The zero-order chi connectivity index (χ0) is 22.9. The lowest BCUT2D eigenvalue weighted by molar-refractivity contribution is -0.274. The molecule has 2 aromatic carbocycles. The average Bonchev–Trinajstić information content (AvgIpc) is 3.27. The number of carbonyl (C=O) groups excluding carboxylic acids is 1. The first-order valence-corrected chi connectivity index (χ1v) is 11.2. The van der Waals surface area contributed by atoms with E-state index in [-0.39, 0.29) is 11.7 Å². The van der Waals surface area contributed by atoms with Crippen LogP contribution in [0.25, 0.3) is 11.1 Å². The molecular formula is C25H29F3N2O2. The molecule has 2 heterocycles. The van der Waals surface area contributed by atoms with Crippen LogP contribution in [0.5, 0.6) is 5.75 Å². The lowest BCUT2D eigenvalue weighted by atomic mass is 9.94. The molecule has 0 N–H and O–H groups in total. The van der Waals surface area contributed by atoms with Crippen LogP contribution >= 0.6 is 0 Å². The van der Waals surface area contributed by atoms with Gasteiger partial charge in [0.05, 0.1) is 0 Å². The van der Waals surface area contributed by atoms with Crippen LogP contribution in [0.1, 0.15) is 47.2 Å². The Morgan fingerprint density at radius 2 is 1.56 bits per heavy atom. The summed E-state index contributed by atoms with van der Waals surface area (Å²) in [6.45, 7) is 7.64. The van der Waals surface area contributed by atoms with Crippen LogP contribution in [0.4, 0.5) is 13.2 Å². The molecule has 2 aromatic rings. The molecule has 0 saturated carbocycles. The summed E-state index contributed by atoms with van der Waals surface area (Å²) in [5, 5.41) is 0. The number of alkyl halides is 3. The molecule has 0 radical (unpaired) electrons.